The van der Waals surface area contributed by atoms with Crippen molar-refractivity contribution in [3.8, 4) is 0 Å². The van der Waals surface area contributed by atoms with E-state index in [1.54, 1.807) is 0 Å². The number of aliphatic carboxylic acids is 2. The number of hydrogen-bond donors (Lipinski definition) is 12. The first-order valence-corrected chi connectivity index (χ1v) is 18.7. The van der Waals surface area contributed by atoms with Crippen LogP contribution in [0.3, 0.4) is 0 Å². The summed E-state index contributed by atoms with van der Waals surface area (Å²) >= 11 is 1.71. The van der Waals surface area contributed by atoms with Crippen LogP contribution in [-0.2, 0) is 42.9 Å². The molecule has 0 aliphatic carbocycles. The molecular formula is C30H54N4O17S2. The normalized spacial score (nSPS) is 31.2. The van der Waals surface area contributed by atoms with Crippen LogP contribution in [0.4, 0.5) is 0 Å². The number of nitrogens with two attached hydrogens (primary N) is 2. The Balaban J connectivity index is 1.75. The van der Waals surface area contributed by atoms with Gasteiger partial charge in [0.25, 0.3) is 0 Å². The number of carbonyl (C=O) groups is 4. The van der Waals surface area contributed by atoms with E-state index >= 15 is 0 Å². The summed E-state index contributed by atoms with van der Waals surface area (Å²) in [5, 5.41) is 84.7. The maximum Gasteiger partial charge on any atom is 0.346 e. The summed E-state index contributed by atoms with van der Waals surface area (Å²) in [6, 6.07) is -4.02. The number of carboxylic acid groups (broad SMARTS) is 2. The summed E-state index contributed by atoms with van der Waals surface area (Å²) in [4.78, 5) is 44.2. The first-order valence-electron chi connectivity index (χ1n) is 16.8. The van der Waals surface area contributed by atoms with E-state index in [2.05, 4.69) is 10.6 Å². The maximum atomic E-state index is 12.3. The summed E-state index contributed by atoms with van der Waals surface area (Å²) in [7, 11) is 0. The van der Waals surface area contributed by atoms with Crippen LogP contribution in [0.1, 0.15) is 26.7 Å². The van der Waals surface area contributed by atoms with Gasteiger partial charge in [0.15, 0.2) is 0 Å². The third kappa shape index (κ3) is 13.6. The molecule has 53 heavy (non-hydrogen) atoms. The molecule has 0 saturated carbocycles. The number of aliphatic hydroxyl groups is 6. The van der Waals surface area contributed by atoms with Gasteiger partial charge in [0.2, 0.25) is 21.7 Å². The Kier molecular flexibility index (Phi) is 20.1. The highest BCUT2D eigenvalue weighted by molar-refractivity contribution is 8.01. The first-order chi connectivity index (χ1) is 24.9. The molecule has 23 heteroatoms. The first kappa shape index (κ1) is 47.2. The number of amides is 2. The van der Waals surface area contributed by atoms with Crippen molar-refractivity contribution in [2.24, 2.45) is 11.5 Å². The van der Waals surface area contributed by atoms with E-state index in [0.29, 0.717) is 0 Å². The highest BCUT2D eigenvalue weighted by Gasteiger charge is 2.55. The van der Waals surface area contributed by atoms with Crippen LogP contribution in [0.2, 0.25) is 0 Å². The standard InChI is InChI=1S/C30H54N4O17S2/c1-15(37)33-21-17(31)11-29(27(43)44,50-25(21)23(41)19(39)13-35)52-9-7-48-5-3-47-4-6-49-8-10-53-30(28(45)46)12-18(32)22(34-16(2)38)26(51-30)24(42)20(40)14-36/h17-26,35-36,39-42H,3-14,31-32H2,1-2H3,(H,33,37)(H,34,38)(H,43,44)(H,45,46)/t17-,18-,19+,20+,21+,22+,23+,24+,25+,26+,29?,30?/m0/s1. The van der Waals surface area contributed by atoms with Gasteiger partial charge in [-0.05, 0) is 0 Å². The van der Waals surface area contributed by atoms with Crippen molar-refractivity contribution in [2.45, 2.75) is 97.3 Å². The minimum Gasteiger partial charge on any atom is -0.478 e. The van der Waals surface area contributed by atoms with E-state index in [1.807, 2.05) is 0 Å². The zero-order chi connectivity index (χ0) is 39.9. The molecular weight excluding hydrogens is 752 g/mol. The number of carbonyl (C=O) groups excluding carboxylic acids is 2. The zero-order valence-corrected chi connectivity index (χ0v) is 31.1. The van der Waals surface area contributed by atoms with Crippen LogP contribution in [0.5, 0.6) is 0 Å². The lowest BCUT2D eigenvalue weighted by atomic mass is 9.88. The second-order valence-electron chi connectivity index (χ2n) is 12.5. The van der Waals surface area contributed by atoms with Gasteiger partial charge >= 0.3 is 11.9 Å². The predicted octanol–water partition coefficient (Wildman–Crippen LogP) is -5.27. The highest BCUT2D eigenvalue weighted by atomic mass is 32.2. The van der Waals surface area contributed by atoms with Gasteiger partial charge in [0.1, 0.15) is 36.6 Å². The second-order valence-corrected chi connectivity index (χ2v) is 15.2. The van der Waals surface area contributed by atoms with Crippen LogP contribution in [0, 0.1) is 0 Å². The average molecular weight is 807 g/mol. The minimum absolute atomic E-state index is 0.0798. The molecule has 0 spiro atoms. The topological polar surface area (TPSA) is 352 Å². The SMILES string of the molecule is CC(=O)N[C@H]1[C@H]([C@H](O)[C@H](O)CO)OC(SCCOCCOCCOCCSC2(C(=O)O)C[C@H](N)[C@@H](NC(C)=O)[C@H]([C@H](O)[C@H](O)CO)O2)(C(=O)O)C[C@@H]1N. The molecule has 0 aromatic rings. The Labute approximate surface area is 314 Å². The largest absolute Gasteiger partial charge is 0.478 e. The van der Waals surface area contributed by atoms with Crippen molar-refractivity contribution < 1.29 is 83.7 Å². The Bertz CT molecular complexity index is 1100. The molecule has 0 aromatic heterocycles. The lowest BCUT2D eigenvalue weighted by molar-refractivity contribution is -0.192. The number of thioether (sulfide) groups is 2. The van der Waals surface area contributed by atoms with E-state index in [0.717, 1.165) is 23.5 Å². The van der Waals surface area contributed by atoms with Gasteiger partial charge in [-0.2, -0.15) is 0 Å². The predicted molar refractivity (Wildman–Crippen MR) is 186 cm³/mol. The Hall–Kier alpha value is -1.94. The van der Waals surface area contributed by atoms with Gasteiger partial charge in [-0.1, -0.05) is 0 Å². The summed E-state index contributed by atoms with van der Waals surface area (Å²) in [5.74, 6) is -3.56. The van der Waals surface area contributed by atoms with E-state index < -0.39 is 108 Å². The lowest BCUT2D eigenvalue weighted by Crippen LogP contribution is -2.68. The van der Waals surface area contributed by atoms with E-state index in [-0.39, 0.29) is 64.0 Å². The summed E-state index contributed by atoms with van der Waals surface area (Å²) in [6.07, 6.45) is -10.2. The molecule has 2 fully saturated rings. The van der Waals surface area contributed by atoms with Gasteiger partial charge in [-0.15, -0.1) is 23.5 Å². The Morgan fingerprint density at radius 3 is 1.28 bits per heavy atom. The fourth-order valence-electron chi connectivity index (χ4n) is 5.77. The number of aliphatic hydroxyl groups excluding tert-OH is 6. The van der Waals surface area contributed by atoms with E-state index in [9.17, 15) is 60.0 Å². The molecule has 2 aliphatic rings. The molecule has 0 aromatic carbocycles. The molecule has 2 amide bonds. The molecule has 2 rings (SSSR count). The van der Waals surface area contributed by atoms with Crippen LogP contribution >= 0.6 is 23.5 Å². The van der Waals surface area contributed by atoms with Gasteiger partial charge in [-0.25, -0.2) is 9.59 Å². The molecule has 12 atom stereocenters. The number of hydrogen-bond acceptors (Lipinski definition) is 19. The molecule has 2 saturated heterocycles. The van der Waals surface area contributed by atoms with Crippen molar-refractivity contribution in [1.82, 2.24) is 10.6 Å². The molecule has 308 valence electrons. The summed E-state index contributed by atoms with van der Waals surface area (Å²) in [5.41, 5.74) is 12.4. The quantitative estimate of drug-likeness (QED) is 0.0405. The van der Waals surface area contributed by atoms with E-state index in [4.69, 9.17) is 35.2 Å². The molecule has 21 nitrogen and oxygen atoms in total. The lowest BCUT2D eigenvalue weighted by Gasteiger charge is -2.47. The summed E-state index contributed by atoms with van der Waals surface area (Å²) in [6.45, 7) is 1.48. The smallest absolute Gasteiger partial charge is 0.346 e. The van der Waals surface area contributed by atoms with Crippen LogP contribution < -0.4 is 22.1 Å². The Morgan fingerprint density at radius 2 is 1.00 bits per heavy atom. The number of nitrogens with one attached hydrogen (secondary N) is 2. The van der Waals surface area contributed by atoms with Crippen molar-refractivity contribution in [2.75, 3.05) is 64.4 Å². The maximum absolute atomic E-state index is 12.3. The van der Waals surface area contributed by atoms with Crippen molar-refractivity contribution in [3.05, 3.63) is 0 Å². The molecule has 2 unspecified atom stereocenters. The van der Waals surface area contributed by atoms with Crippen LogP contribution in [-0.4, -0.2) is 200 Å². The van der Waals surface area contributed by atoms with Crippen molar-refractivity contribution in [3.63, 3.8) is 0 Å². The van der Waals surface area contributed by atoms with Crippen molar-refractivity contribution in [1.29, 1.82) is 0 Å². The summed E-state index contributed by atoms with van der Waals surface area (Å²) < 4.78 is 28.0. The van der Waals surface area contributed by atoms with E-state index in [1.165, 1.54) is 13.8 Å². The van der Waals surface area contributed by atoms with Crippen LogP contribution in [0.15, 0.2) is 0 Å². The third-order valence-corrected chi connectivity index (χ3v) is 10.9. The number of ether oxygens (including phenoxy) is 5. The van der Waals surface area contributed by atoms with Gasteiger partial charge < -0.3 is 86.6 Å². The average Bonchev–Trinajstić information content (AvgIpc) is 3.10. The monoisotopic (exact) mass is 806 g/mol. The zero-order valence-electron chi connectivity index (χ0n) is 29.5. The number of carboxylic acids is 2. The number of rotatable bonds is 24. The molecule has 0 bridgehead atoms. The van der Waals surface area contributed by atoms with Crippen molar-refractivity contribution >= 4 is 47.3 Å². The second kappa shape index (κ2) is 22.6. The van der Waals surface area contributed by atoms with Gasteiger partial charge in [0.05, 0.1) is 64.9 Å². The Morgan fingerprint density at radius 1 is 0.679 bits per heavy atom. The van der Waals surface area contributed by atoms with Gasteiger partial charge in [0, 0.05) is 50.3 Å². The fourth-order valence-corrected chi connectivity index (χ4v) is 8.06. The molecule has 2 aliphatic heterocycles. The molecule has 2 heterocycles. The van der Waals surface area contributed by atoms with Gasteiger partial charge in [-0.3, -0.25) is 9.59 Å². The van der Waals surface area contributed by atoms with Crippen LogP contribution in [0.25, 0.3) is 0 Å². The highest BCUT2D eigenvalue weighted by Crippen LogP contribution is 2.41. The fraction of sp³-hybridized carbons (Fsp3) is 0.867. The molecule has 14 N–H and O–H groups in total. The minimum atomic E-state index is -1.94. The molecule has 0 radical (unpaired) electrons. The third-order valence-electron chi connectivity index (χ3n) is 8.39.